The number of cyclic esters (lactones) is 1. The van der Waals surface area contributed by atoms with Crippen molar-refractivity contribution in [3.63, 3.8) is 0 Å². The number of carboxylic acid groups (broad SMARTS) is 1. The van der Waals surface area contributed by atoms with E-state index in [0.29, 0.717) is 11.1 Å². The second kappa shape index (κ2) is 4.86. The maximum Gasteiger partial charge on any atom is 0.339 e. The average Bonchev–Trinajstić information content (AvgIpc) is 2.84. The summed E-state index contributed by atoms with van der Waals surface area (Å²) in [7, 11) is 0. The topological polar surface area (TPSA) is 83.5 Å². The summed E-state index contributed by atoms with van der Waals surface area (Å²) in [4.78, 5) is 35.3. The molecule has 0 spiro atoms. The van der Waals surface area contributed by atoms with E-state index in [-0.39, 0.29) is 11.1 Å². The van der Waals surface area contributed by atoms with E-state index >= 15 is 0 Å². The van der Waals surface area contributed by atoms with Crippen molar-refractivity contribution >= 4 is 17.7 Å². The maximum atomic E-state index is 12.5. The van der Waals surface area contributed by atoms with Crippen LogP contribution in [-0.4, -0.2) is 17.7 Å². The summed E-state index contributed by atoms with van der Waals surface area (Å²) in [6.07, 6.45) is -1.12. The molecule has 0 fully saturated rings. The normalized spacial score (nSPS) is 16.2. The van der Waals surface area contributed by atoms with Crippen molar-refractivity contribution in [2.75, 3.05) is 0 Å². The number of hydrogen-bond acceptors (Lipinski definition) is 5. The minimum atomic E-state index is -1.45. The van der Waals surface area contributed by atoms with E-state index in [0.717, 1.165) is 0 Å². The molecule has 5 nitrogen and oxygen atoms in total. The molecule has 0 aliphatic carbocycles. The molecule has 21 heavy (non-hydrogen) atoms. The van der Waals surface area contributed by atoms with Gasteiger partial charge in [-0.1, -0.05) is 42.5 Å². The average molecular weight is 281 g/mol. The van der Waals surface area contributed by atoms with Crippen LogP contribution in [0.1, 0.15) is 42.7 Å². The van der Waals surface area contributed by atoms with Gasteiger partial charge in [0, 0.05) is 16.7 Å². The molecule has 0 unspecified atom stereocenters. The molecule has 1 heterocycles. The Balaban J connectivity index is 2.06. The highest BCUT2D eigenvalue weighted by Crippen LogP contribution is 2.33. The van der Waals surface area contributed by atoms with E-state index in [1.807, 2.05) is 0 Å². The van der Waals surface area contributed by atoms with Crippen molar-refractivity contribution in [1.29, 1.82) is 0 Å². The van der Waals surface area contributed by atoms with Crippen molar-refractivity contribution in [2.45, 2.75) is 6.10 Å². The first-order valence-corrected chi connectivity index (χ1v) is 6.24. The number of aromatic carboxylic acids is 1. The Morgan fingerprint density at radius 2 is 1.57 bits per heavy atom. The molecule has 2 aromatic carbocycles. The number of carbonyl (C=O) groups is 3. The van der Waals surface area contributed by atoms with Crippen LogP contribution >= 0.6 is 0 Å². The zero-order chi connectivity index (χ0) is 15.0. The molecule has 1 aliphatic heterocycles. The van der Waals surface area contributed by atoms with Crippen LogP contribution in [0.2, 0.25) is 0 Å². The molecule has 0 saturated heterocycles. The summed E-state index contributed by atoms with van der Waals surface area (Å²) in [5.74, 6) is -2.61. The highest BCUT2D eigenvalue weighted by atomic mass is 16.6. The Kier molecular flexibility index (Phi) is 3.02. The quantitative estimate of drug-likeness (QED) is 0.622. The monoisotopic (exact) mass is 281 g/mol. The van der Waals surface area contributed by atoms with Gasteiger partial charge in [0.2, 0.25) is 5.78 Å². The lowest BCUT2D eigenvalue weighted by atomic mass is 9.95. The SMILES string of the molecule is O=C([O-])c1ccccc1C(=O)[C@@H]1OC(=O)c2ccccc21. The number of fused-ring (bicyclic) bond motifs is 1. The van der Waals surface area contributed by atoms with Gasteiger partial charge in [0.05, 0.1) is 11.5 Å². The van der Waals surface area contributed by atoms with E-state index in [1.54, 1.807) is 30.3 Å². The fraction of sp³-hybridized carbons (Fsp3) is 0.0625. The fourth-order valence-electron chi connectivity index (χ4n) is 2.36. The molecule has 0 N–H and O–H groups in total. The van der Waals surface area contributed by atoms with Crippen LogP contribution in [0.3, 0.4) is 0 Å². The summed E-state index contributed by atoms with van der Waals surface area (Å²) >= 11 is 0. The van der Waals surface area contributed by atoms with Gasteiger partial charge in [-0.15, -0.1) is 0 Å². The van der Waals surface area contributed by atoms with Gasteiger partial charge in [-0.2, -0.15) is 0 Å². The molecule has 0 aromatic heterocycles. The molecule has 0 radical (unpaired) electrons. The Labute approximate surface area is 119 Å². The van der Waals surface area contributed by atoms with E-state index in [1.165, 1.54) is 18.2 Å². The second-order valence-electron chi connectivity index (χ2n) is 4.57. The van der Waals surface area contributed by atoms with Crippen molar-refractivity contribution < 1.29 is 24.2 Å². The van der Waals surface area contributed by atoms with Crippen molar-refractivity contribution in [2.24, 2.45) is 0 Å². The van der Waals surface area contributed by atoms with Crippen molar-refractivity contribution in [3.8, 4) is 0 Å². The molecule has 0 amide bonds. The van der Waals surface area contributed by atoms with Gasteiger partial charge in [-0.05, 0) is 6.07 Å². The van der Waals surface area contributed by atoms with Crippen LogP contribution in [0, 0.1) is 0 Å². The van der Waals surface area contributed by atoms with Gasteiger partial charge in [0.15, 0.2) is 6.10 Å². The Morgan fingerprint density at radius 1 is 0.952 bits per heavy atom. The summed E-state index contributed by atoms with van der Waals surface area (Å²) in [5, 5.41) is 11.1. The molecule has 0 bridgehead atoms. The highest BCUT2D eigenvalue weighted by Gasteiger charge is 2.36. The molecular weight excluding hydrogens is 272 g/mol. The standard InChI is InChI=1S/C16H10O5/c17-13(9-5-1-3-7-11(9)15(18)19)14-10-6-2-4-8-12(10)16(20)21-14/h1-8,14H,(H,18,19)/p-1/t14-/m1/s1. The predicted octanol–water partition coefficient (Wildman–Crippen LogP) is 1.14. The third kappa shape index (κ3) is 2.08. The van der Waals surface area contributed by atoms with Crippen LogP contribution < -0.4 is 5.11 Å². The van der Waals surface area contributed by atoms with Crippen LogP contribution in [0.5, 0.6) is 0 Å². The lowest BCUT2D eigenvalue weighted by Crippen LogP contribution is -2.26. The van der Waals surface area contributed by atoms with Gasteiger partial charge >= 0.3 is 5.97 Å². The number of hydrogen-bond donors (Lipinski definition) is 0. The fourth-order valence-corrected chi connectivity index (χ4v) is 2.36. The molecule has 104 valence electrons. The Bertz CT molecular complexity index is 763. The lowest BCUT2D eigenvalue weighted by molar-refractivity contribution is -0.255. The highest BCUT2D eigenvalue weighted by molar-refractivity contribution is 6.11. The zero-order valence-electron chi connectivity index (χ0n) is 10.7. The van der Waals surface area contributed by atoms with Gasteiger partial charge in [-0.3, -0.25) is 4.79 Å². The number of rotatable bonds is 3. The number of Topliss-reactive ketones (excluding diaryl/α,β-unsaturated/α-hetero) is 1. The number of benzene rings is 2. The molecule has 5 heteroatoms. The Morgan fingerprint density at radius 3 is 2.29 bits per heavy atom. The molecule has 1 aliphatic rings. The third-order valence-corrected chi connectivity index (χ3v) is 3.34. The van der Waals surface area contributed by atoms with E-state index in [9.17, 15) is 19.5 Å². The second-order valence-corrected chi connectivity index (χ2v) is 4.57. The first kappa shape index (κ1) is 13.1. The van der Waals surface area contributed by atoms with Gasteiger partial charge in [0.1, 0.15) is 0 Å². The third-order valence-electron chi connectivity index (χ3n) is 3.34. The van der Waals surface area contributed by atoms with Crippen molar-refractivity contribution in [1.82, 2.24) is 0 Å². The number of esters is 1. The number of carbonyl (C=O) groups excluding carboxylic acids is 3. The first-order chi connectivity index (χ1) is 10.1. The molecule has 2 aromatic rings. The van der Waals surface area contributed by atoms with Crippen LogP contribution in [0.25, 0.3) is 0 Å². The predicted molar refractivity (Wildman–Crippen MR) is 69.7 cm³/mol. The summed E-state index contributed by atoms with van der Waals surface area (Å²) in [6, 6.07) is 12.2. The summed E-state index contributed by atoms with van der Waals surface area (Å²) < 4.78 is 5.08. The van der Waals surface area contributed by atoms with Gasteiger partial charge < -0.3 is 14.6 Å². The summed E-state index contributed by atoms with van der Waals surface area (Å²) in [5.41, 5.74) is 0.511. The minimum Gasteiger partial charge on any atom is -0.545 e. The zero-order valence-corrected chi connectivity index (χ0v) is 10.7. The maximum absolute atomic E-state index is 12.5. The number of ketones is 1. The lowest BCUT2D eigenvalue weighted by Gasteiger charge is -2.13. The van der Waals surface area contributed by atoms with Crippen LogP contribution in [-0.2, 0) is 4.74 Å². The van der Waals surface area contributed by atoms with E-state index in [4.69, 9.17) is 4.74 Å². The molecule has 3 rings (SSSR count). The Hall–Kier alpha value is -2.95. The van der Waals surface area contributed by atoms with Gasteiger partial charge in [-0.25, -0.2) is 4.79 Å². The smallest absolute Gasteiger partial charge is 0.339 e. The first-order valence-electron chi connectivity index (χ1n) is 6.24. The molecule has 0 saturated carbocycles. The molecular formula is C16H9O5-. The largest absolute Gasteiger partial charge is 0.545 e. The van der Waals surface area contributed by atoms with Gasteiger partial charge in [0.25, 0.3) is 0 Å². The van der Waals surface area contributed by atoms with E-state index in [2.05, 4.69) is 0 Å². The number of carboxylic acids is 1. The van der Waals surface area contributed by atoms with E-state index < -0.39 is 23.8 Å². The number of ether oxygens (including phenoxy) is 1. The molecule has 1 atom stereocenters. The van der Waals surface area contributed by atoms with Crippen LogP contribution in [0.15, 0.2) is 48.5 Å². The minimum absolute atomic E-state index is 0.0352. The van der Waals surface area contributed by atoms with Crippen molar-refractivity contribution in [3.05, 3.63) is 70.8 Å². The van der Waals surface area contributed by atoms with Crippen LogP contribution in [0.4, 0.5) is 0 Å². The summed E-state index contributed by atoms with van der Waals surface area (Å²) in [6.45, 7) is 0.